The van der Waals surface area contributed by atoms with Gasteiger partial charge >= 0.3 is 0 Å². The molecule has 1 aliphatic carbocycles. The van der Waals surface area contributed by atoms with Crippen LogP contribution in [-0.4, -0.2) is 17.6 Å². The second-order valence-electron chi connectivity index (χ2n) is 6.01. The standard InChI is InChI=1S/C18H20N2O/c1-2-15-9-14(3-6-18(15)21-7-1)16-8-13(10-19-12-16)11-20-17-4-5-17/h3,6,8-10,12,17,20H,1-2,4-5,7,11H2. The molecule has 3 nitrogen and oxygen atoms in total. The zero-order valence-corrected chi connectivity index (χ0v) is 12.1. The highest BCUT2D eigenvalue weighted by molar-refractivity contribution is 5.65. The summed E-state index contributed by atoms with van der Waals surface area (Å²) in [5.41, 5.74) is 5.01. The maximum absolute atomic E-state index is 5.68. The summed E-state index contributed by atoms with van der Waals surface area (Å²) in [6, 6.07) is 9.46. The SMILES string of the molecule is c1ncc(-c2ccc3c(c2)CCCO3)cc1CNC1CC1. The van der Waals surface area contributed by atoms with Crippen LogP contribution in [0.1, 0.15) is 30.4 Å². The Hall–Kier alpha value is -1.87. The third kappa shape index (κ3) is 2.93. The van der Waals surface area contributed by atoms with E-state index in [1.54, 1.807) is 0 Å². The van der Waals surface area contributed by atoms with Crippen LogP contribution in [0.15, 0.2) is 36.7 Å². The lowest BCUT2D eigenvalue weighted by molar-refractivity contribution is 0.288. The van der Waals surface area contributed by atoms with Gasteiger partial charge in [-0.25, -0.2) is 0 Å². The first kappa shape index (κ1) is 12.8. The summed E-state index contributed by atoms with van der Waals surface area (Å²) in [5, 5.41) is 3.54. The average Bonchev–Trinajstić information content (AvgIpc) is 3.37. The zero-order valence-electron chi connectivity index (χ0n) is 12.1. The fourth-order valence-electron chi connectivity index (χ4n) is 2.83. The predicted octanol–water partition coefficient (Wildman–Crippen LogP) is 3.33. The second kappa shape index (κ2) is 5.49. The number of benzene rings is 1. The van der Waals surface area contributed by atoms with Crippen molar-refractivity contribution in [3.63, 3.8) is 0 Å². The van der Waals surface area contributed by atoms with Crippen molar-refractivity contribution in [2.24, 2.45) is 0 Å². The number of nitrogens with one attached hydrogen (secondary N) is 1. The minimum atomic E-state index is 0.731. The fourth-order valence-corrected chi connectivity index (χ4v) is 2.83. The molecule has 1 aliphatic heterocycles. The van der Waals surface area contributed by atoms with Crippen molar-refractivity contribution >= 4 is 0 Å². The van der Waals surface area contributed by atoms with Crippen LogP contribution >= 0.6 is 0 Å². The fraction of sp³-hybridized carbons (Fsp3) is 0.389. The van der Waals surface area contributed by atoms with Crippen molar-refractivity contribution in [1.82, 2.24) is 10.3 Å². The number of fused-ring (bicyclic) bond motifs is 1. The van der Waals surface area contributed by atoms with Gasteiger partial charge in [0.2, 0.25) is 0 Å². The van der Waals surface area contributed by atoms with E-state index in [9.17, 15) is 0 Å². The Labute approximate surface area is 125 Å². The van der Waals surface area contributed by atoms with E-state index in [2.05, 4.69) is 34.6 Å². The van der Waals surface area contributed by atoms with E-state index in [0.717, 1.165) is 37.8 Å². The first-order valence-electron chi connectivity index (χ1n) is 7.82. The molecule has 1 N–H and O–H groups in total. The van der Waals surface area contributed by atoms with E-state index in [0.29, 0.717) is 0 Å². The number of nitrogens with zero attached hydrogens (tertiary/aromatic N) is 1. The number of rotatable bonds is 4. The Morgan fingerprint density at radius 2 is 2.10 bits per heavy atom. The maximum atomic E-state index is 5.68. The van der Waals surface area contributed by atoms with Crippen molar-refractivity contribution in [1.29, 1.82) is 0 Å². The first-order chi connectivity index (χ1) is 10.4. The van der Waals surface area contributed by atoms with E-state index in [1.807, 2.05) is 12.4 Å². The Kier molecular flexibility index (Phi) is 3.36. The van der Waals surface area contributed by atoms with E-state index in [1.165, 1.54) is 35.1 Å². The number of aromatic nitrogens is 1. The summed E-state index contributed by atoms with van der Waals surface area (Å²) in [4.78, 5) is 4.40. The van der Waals surface area contributed by atoms with E-state index in [4.69, 9.17) is 4.74 Å². The molecule has 0 amide bonds. The number of pyridine rings is 1. The molecule has 21 heavy (non-hydrogen) atoms. The third-order valence-corrected chi connectivity index (χ3v) is 4.21. The molecule has 0 saturated heterocycles. The van der Waals surface area contributed by atoms with Crippen molar-refractivity contribution in [3.05, 3.63) is 47.8 Å². The van der Waals surface area contributed by atoms with Gasteiger partial charge in [0.05, 0.1) is 6.61 Å². The van der Waals surface area contributed by atoms with Crippen LogP contribution < -0.4 is 10.1 Å². The molecule has 108 valence electrons. The number of aryl methyl sites for hydroxylation is 1. The van der Waals surface area contributed by atoms with Crippen LogP contribution in [0.4, 0.5) is 0 Å². The molecular weight excluding hydrogens is 260 g/mol. The first-order valence-corrected chi connectivity index (χ1v) is 7.82. The van der Waals surface area contributed by atoms with Gasteiger partial charge in [-0.2, -0.15) is 0 Å². The van der Waals surface area contributed by atoms with Gasteiger partial charge in [-0.3, -0.25) is 4.98 Å². The van der Waals surface area contributed by atoms with Gasteiger partial charge < -0.3 is 10.1 Å². The lowest BCUT2D eigenvalue weighted by atomic mass is 9.99. The summed E-state index contributed by atoms with van der Waals surface area (Å²) in [6.07, 6.45) is 8.77. The highest BCUT2D eigenvalue weighted by atomic mass is 16.5. The van der Waals surface area contributed by atoms with Gasteiger partial charge in [0.15, 0.2) is 0 Å². The predicted molar refractivity (Wildman–Crippen MR) is 83.4 cm³/mol. The second-order valence-corrected chi connectivity index (χ2v) is 6.01. The Bertz CT molecular complexity index is 649. The molecule has 1 saturated carbocycles. The average molecular weight is 280 g/mol. The summed E-state index contributed by atoms with van der Waals surface area (Å²) in [5.74, 6) is 1.05. The maximum Gasteiger partial charge on any atom is 0.122 e. The molecule has 0 spiro atoms. The zero-order chi connectivity index (χ0) is 14.1. The molecule has 2 aliphatic rings. The van der Waals surface area contributed by atoms with Crippen LogP contribution in [0.2, 0.25) is 0 Å². The molecular formula is C18H20N2O. The molecule has 3 heteroatoms. The molecule has 2 heterocycles. The third-order valence-electron chi connectivity index (χ3n) is 4.21. The quantitative estimate of drug-likeness (QED) is 0.933. The highest BCUT2D eigenvalue weighted by Gasteiger charge is 2.20. The minimum absolute atomic E-state index is 0.731. The Morgan fingerprint density at radius 3 is 3.00 bits per heavy atom. The van der Waals surface area contributed by atoms with Crippen molar-refractivity contribution in [3.8, 4) is 16.9 Å². The van der Waals surface area contributed by atoms with Gasteiger partial charge in [-0.15, -0.1) is 0 Å². The number of hydrogen-bond acceptors (Lipinski definition) is 3. The lowest BCUT2D eigenvalue weighted by Gasteiger charge is -2.18. The molecule has 0 unspecified atom stereocenters. The lowest BCUT2D eigenvalue weighted by Crippen LogP contribution is -2.15. The van der Waals surface area contributed by atoms with Crippen LogP contribution in [-0.2, 0) is 13.0 Å². The summed E-state index contributed by atoms with van der Waals surface area (Å²) in [7, 11) is 0. The van der Waals surface area contributed by atoms with E-state index in [-0.39, 0.29) is 0 Å². The molecule has 0 bridgehead atoms. The van der Waals surface area contributed by atoms with Crippen LogP contribution in [0.5, 0.6) is 5.75 Å². The molecule has 1 fully saturated rings. The molecule has 0 radical (unpaired) electrons. The van der Waals surface area contributed by atoms with Crippen molar-refractivity contribution in [2.75, 3.05) is 6.61 Å². The van der Waals surface area contributed by atoms with Crippen LogP contribution in [0, 0.1) is 0 Å². The molecule has 4 rings (SSSR count). The molecule has 2 aromatic rings. The summed E-state index contributed by atoms with van der Waals surface area (Å²) >= 11 is 0. The normalized spacial score (nSPS) is 17.1. The Morgan fingerprint density at radius 1 is 1.14 bits per heavy atom. The summed E-state index contributed by atoms with van der Waals surface area (Å²) in [6.45, 7) is 1.76. The Balaban J connectivity index is 1.58. The van der Waals surface area contributed by atoms with Gasteiger partial charge in [0, 0.05) is 30.5 Å². The smallest absolute Gasteiger partial charge is 0.122 e. The van der Waals surface area contributed by atoms with Crippen molar-refractivity contribution in [2.45, 2.75) is 38.3 Å². The van der Waals surface area contributed by atoms with Gasteiger partial charge in [-0.1, -0.05) is 6.07 Å². The van der Waals surface area contributed by atoms with Gasteiger partial charge in [0.25, 0.3) is 0 Å². The topological polar surface area (TPSA) is 34.1 Å². The monoisotopic (exact) mass is 280 g/mol. The van der Waals surface area contributed by atoms with Gasteiger partial charge in [0.1, 0.15) is 5.75 Å². The number of hydrogen-bond donors (Lipinski definition) is 1. The van der Waals surface area contributed by atoms with Crippen LogP contribution in [0.25, 0.3) is 11.1 Å². The number of ether oxygens (including phenoxy) is 1. The highest BCUT2D eigenvalue weighted by Crippen LogP contribution is 2.30. The van der Waals surface area contributed by atoms with E-state index < -0.39 is 0 Å². The largest absolute Gasteiger partial charge is 0.493 e. The minimum Gasteiger partial charge on any atom is -0.493 e. The molecule has 1 aromatic carbocycles. The molecule has 1 aromatic heterocycles. The van der Waals surface area contributed by atoms with Crippen LogP contribution in [0.3, 0.4) is 0 Å². The van der Waals surface area contributed by atoms with Crippen molar-refractivity contribution < 1.29 is 4.74 Å². The molecule has 0 atom stereocenters. The van der Waals surface area contributed by atoms with E-state index >= 15 is 0 Å². The summed E-state index contributed by atoms with van der Waals surface area (Å²) < 4.78 is 5.68. The van der Waals surface area contributed by atoms with Gasteiger partial charge in [-0.05, 0) is 60.6 Å².